The fraction of sp³-hybridized carbons (Fsp3) is 0.0909. The Labute approximate surface area is 92.1 Å². The van der Waals surface area contributed by atoms with Crippen molar-refractivity contribution in [3.8, 4) is 5.69 Å². The smallest absolute Gasteiger partial charge is 0.172 e. The number of thioether (sulfide) groups is 1. The van der Waals surface area contributed by atoms with Gasteiger partial charge in [-0.1, -0.05) is 23.9 Å². The minimum absolute atomic E-state index is 0.672. The molecule has 1 aromatic carbocycles. The third-order valence-corrected chi connectivity index (χ3v) is 2.78. The Hall–Kier alpha value is -1.55. The lowest BCUT2D eigenvalue weighted by Gasteiger charge is -2.07. The number of imidazole rings is 1. The van der Waals surface area contributed by atoms with Crippen molar-refractivity contribution in [3.05, 3.63) is 42.2 Å². The van der Waals surface area contributed by atoms with E-state index in [2.05, 4.69) is 4.98 Å². The number of nitrogens with zero attached hydrogens (tertiary/aromatic N) is 2. The number of hydrogen-bond acceptors (Lipinski definition) is 3. The summed E-state index contributed by atoms with van der Waals surface area (Å²) in [6.07, 6.45) is 6.41. The second-order valence-corrected chi connectivity index (χ2v) is 3.73. The van der Waals surface area contributed by atoms with Gasteiger partial charge in [0.15, 0.2) is 11.4 Å². The first-order chi connectivity index (χ1) is 7.36. The van der Waals surface area contributed by atoms with Crippen molar-refractivity contribution < 1.29 is 4.79 Å². The zero-order valence-electron chi connectivity index (χ0n) is 8.25. The van der Waals surface area contributed by atoms with Crippen LogP contribution in [0.5, 0.6) is 0 Å². The lowest BCUT2D eigenvalue weighted by atomic mass is 10.2. The van der Waals surface area contributed by atoms with Crippen molar-refractivity contribution in [1.82, 2.24) is 9.55 Å². The van der Waals surface area contributed by atoms with E-state index in [1.807, 2.05) is 35.2 Å². The van der Waals surface area contributed by atoms with Gasteiger partial charge in [-0.3, -0.25) is 9.36 Å². The van der Waals surface area contributed by atoms with E-state index in [-0.39, 0.29) is 0 Å². The molecule has 0 amide bonds. The monoisotopic (exact) mass is 218 g/mol. The summed E-state index contributed by atoms with van der Waals surface area (Å²) in [7, 11) is 0. The summed E-state index contributed by atoms with van der Waals surface area (Å²) in [5.74, 6) is 0. The highest BCUT2D eigenvalue weighted by atomic mass is 32.2. The van der Waals surface area contributed by atoms with Crippen LogP contribution in [0, 0.1) is 0 Å². The van der Waals surface area contributed by atoms with Crippen molar-refractivity contribution in [2.24, 2.45) is 0 Å². The average Bonchev–Trinajstić information content (AvgIpc) is 2.76. The Morgan fingerprint density at radius 2 is 2.20 bits per heavy atom. The summed E-state index contributed by atoms with van der Waals surface area (Å²) in [4.78, 5) is 15.1. The number of carbonyl (C=O) groups excluding carboxylic acids is 1. The zero-order valence-corrected chi connectivity index (χ0v) is 9.07. The van der Waals surface area contributed by atoms with E-state index >= 15 is 0 Å². The van der Waals surface area contributed by atoms with Crippen molar-refractivity contribution in [1.29, 1.82) is 0 Å². The number of carbonyl (C=O) groups is 1. The van der Waals surface area contributed by atoms with Gasteiger partial charge >= 0.3 is 0 Å². The largest absolute Gasteiger partial charge is 0.298 e. The molecule has 1 heterocycles. The van der Waals surface area contributed by atoms with Crippen LogP contribution >= 0.6 is 11.8 Å². The van der Waals surface area contributed by atoms with Crippen LogP contribution in [0.3, 0.4) is 0 Å². The Morgan fingerprint density at radius 3 is 2.93 bits per heavy atom. The summed E-state index contributed by atoms with van der Waals surface area (Å²) >= 11 is 1.55. The number of aldehydes is 1. The fourth-order valence-corrected chi connectivity index (χ4v) is 1.95. The third-order valence-electron chi connectivity index (χ3n) is 2.11. The van der Waals surface area contributed by atoms with Gasteiger partial charge < -0.3 is 0 Å². The second kappa shape index (κ2) is 4.31. The maximum absolute atomic E-state index is 10.9. The van der Waals surface area contributed by atoms with E-state index in [0.717, 1.165) is 17.1 Å². The predicted molar refractivity (Wildman–Crippen MR) is 60.7 cm³/mol. The molecule has 0 aliphatic rings. The topological polar surface area (TPSA) is 34.9 Å². The van der Waals surface area contributed by atoms with Gasteiger partial charge in [-0.15, -0.1) is 0 Å². The highest BCUT2D eigenvalue weighted by molar-refractivity contribution is 7.98. The Kier molecular flexibility index (Phi) is 2.87. The Balaban J connectivity index is 2.58. The molecule has 0 atom stereocenters. The molecular weight excluding hydrogens is 208 g/mol. The second-order valence-electron chi connectivity index (χ2n) is 2.96. The van der Waals surface area contributed by atoms with E-state index in [4.69, 9.17) is 0 Å². The molecule has 15 heavy (non-hydrogen) atoms. The number of benzene rings is 1. The molecule has 0 aliphatic carbocycles. The molecule has 0 radical (unpaired) electrons. The van der Waals surface area contributed by atoms with Crippen LogP contribution in [-0.4, -0.2) is 22.1 Å². The molecule has 0 bridgehead atoms. The van der Waals surface area contributed by atoms with Crippen LogP contribution in [0.25, 0.3) is 5.69 Å². The van der Waals surface area contributed by atoms with Gasteiger partial charge in [0, 0.05) is 18.0 Å². The van der Waals surface area contributed by atoms with Crippen molar-refractivity contribution in [2.75, 3.05) is 6.26 Å². The average molecular weight is 218 g/mol. The summed E-state index contributed by atoms with van der Waals surface area (Å²) < 4.78 is 1.91. The molecule has 3 nitrogen and oxygen atoms in total. The molecule has 0 N–H and O–H groups in total. The summed E-state index contributed by atoms with van der Waals surface area (Å²) in [6.45, 7) is 0. The minimum atomic E-state index is 0.672. The molecule has 0 fully saturated rings. The molecule has 0 aliphatic heterocycles. The van der Waals surface area contributed by atoms with Gasteiger partial charge in [0.2, 0.25) is 0 Å². The van der Waals surface area contributed by atoms with Gasteiger partial charge in [0.1, 0.15) is 0 Å². The number of para-hydroxylation sites is 1. The number of rotatable bonds is 3. The maximum atomic E-state index is 10.9. The highest BCUT2D eigenvalue weighted by Gasteiger charge is 2.06. The molecule has 4 heteroatoms. The van der Waals surface area contributed by atoms with Crippen LogP contribution in [0.2, 0.25) is 0 Å². The van der Waals surface area contributed by atoms with Crippen LogP contribution < -0.4 is 0 Å². The standard InChI is InChI=1S/C11H10N2OS/c1-15-11-12-6-7-13(11)10-5-3-2-4-9(10)8-14/h2-8H,1H3. The van der Waals surface area contributed by atoms with E-state index in [1.54, 1.807) is 24.0 Å². The van der Waals surface area contributed by atoms with Crippen LogP contribution in [-0.2, 0) is 0 Å². The van der Waals surface area contributed by atoms with Gasteiger partial charge in [0.05, 0.1) is 5.69 Å². The van der Waals surface area contributed by atoms with Crippen LogP contribution in [0.1, 0.15) is 10.4 Å². The molecule has 0 spiro atoms. The summed E-state index contributed by atoms with van der Waals surface area (Å²) in [5, 5.41) is 0.879. The quantitative estimate of drug-likeness (QED) is 0.586. The third kappa shape index (κ3) is 1.80. The van der Waals surface area contributed by atoms with Crippen LogP contribution in [0.15, 0.2) is 41.8 Å². The fourth-order valence-electron chi connectivity index (χ4n) is 1.43. The molecule has 0 unspecified atom stereocenters. The maximum Gasteiger partial charge on any atom is 0.172 e. The Bertz CT molecular complexity index is 479. The first-order valence-electron chi connectivity index (χ1n) is 4.48. The normalized spacial score (nSPS) is 10.2. The number of aromatic nitrogens is 2. The SMILES string of the molecule is CSc1nccn1-c1ccccc1C=O. The summed E-state index contributed by atoms with van der Waals surface area (Å²) in [5.41, 5.74) is 1.54. The first-order valence-corrected chi connectivity index (χ1v) is 5.71. The highest BCUT2D eigenvalue weighted by Crippen LogP contribution is 2.19. The van der Waals surface area contributed by atoms with Crippen molar-refractivity contribution in [3.63, 3.8) is 0 Å². The molecular formula is C11H10N2OS. The number of hydrogen-bond donors (Lipinski definition) is 0. The molecule has 2 rings (SSSR count). The van der Waals surface area contributed by atoms with E-state index in [1.165, 1.54) is 0 Å². The molecule has 0 saturated heterocycles. The lowest BCUT2D eigenvalue weighted by Crippen LogP contribution is -1.98. The zero-order chi connectivity index (χ0) is 10.7. The molecule has 1 aromatic heterocycles. The predicted octanol–water partition coefficient (Wildman–Crippen LogP) is 2.41. The van der Waals surface area contributed by atoms with Gasteiger partial charge in [-0.05, 0) is 18.4 Å². The van der Waals surface area contributed by atoms with Gasteiger partial charge in [-0.25, -0.2) is 4.98 Å². The molecule has 0 saturated carbocycles. The first kappa shape index (κ1) is 9.98. The van der Waals surface area contributed by atoms with E-state index in [0.29, 0.717) is 5.56 Å². The van der Waals surface area contributed by atoms with E-state index in [9.17, 15) is 4.79 Å². The minimum Gasteiger partial charge on any atom is -0.298 e. The van der Waals surface area contributed by atoms with Gasteiger partial charge in [0.25, 0.3) is 0 Å². The van der Waals surface area contributed by atoms with E-state index < -0.39 is 0 Å². The lowest BCUT2D eigenvalue weighted by molar-refractivity contribution is 0.112. The summed E-state index contributed by atoms with van der Waals surface area (Å²) in [6, 6.07) is 7.47. The van der Waals surface area contributed by atoms with Crippen LogP contribution in [0.4, 0.5) is 0 Å². The van der Waals surface area contributed by atoms with Gasteiger partial charge in [-0.2, -0.15) is 0 Å². The van der Waals surface area contributed by atoms with Crippen molar-refractivity contribution in [2.45, 2.75) is 5.16 Å². The Morgan fingerprint density at radius 1 is 1.40 bits per heavy atom. The molecule has 76 valence electrons. The molecule has 2 aromatic rings. The van der Waals surface area contributed by atoms with Crippen molar-refractivity contribution >= 4 is 18.0 Å².